The number of amides is 1. The Balaban J connectivity index is 1.62. The fourth-order valence-electron chi connectivity index (χ4n) is 2.67. The summed E-state index contributed by atoms with van der Waals surface area (Å²) < 4.78 is 1.59. The molecule has 1 saturated heterocycles. The number of halogens is 1. The van der Waals surface area contributed by atoms with Gasteiger partial charge in [0.1, 0.15) is 18.7 Å². The number of para-hydroxylation sites is 1. The summed E-state index contributed by atoms with van der Waals surface area (Å²) in [7, 11) is 0. The molecule has 0 bridgehead atoms. The van der Waals surface area contributed by atoms with E-state index in [1.165, 1.54) is 6.33 Å². The number of piperazine rings is 1. The van der Waals surface area contributed by atoms with Crippen molar-refractivity contribution in [1.29, 1.82) is 0 Å². The van der Waals surface area contributed by atoms with Crippen LogP contribution in [0.15, 0.2) is 36.9 Å². The van der Waals surface area contributed by atoms with Crippen molar-refractivity contribution in [3.8, 4) is 0 Å². The highest BCUT2D eigenvalue weighted by Crippen LogP contribution is 2.26. The van der Waals surface area contributed by atoms with Gasteiger partial charge in [0, 0.05) is 26.2 Å². The van der Waals surface area contributed by atoms with Gasteiger partial charge in [-0.05, 0) is 19.1 Å². The molecule has 1 atom stereocenters. The molecule has 1 amide bonds. The third-order valence-electron chi connectivity index (χ3n) is 3.98. The van der Waals surface area contributed by atoms with E-state index in [4.69, 9.17) is 11.6 Å². The molecule has 0 radical (unpaired) electrons. The highest BCUT2D eigenvalue weighted by atomic mass is 35.5. The SMILES string of the molecule is C[C@H](C(=O)N1CCN(c2ccccc2Cl)CC1)n1cncn1. The maximum absolute atomic E-state index is 12.5. The van der Waals surface area contributed by atoms with Crippen LogP contribution >= 0.6 is 11.6 Å². The fourth-order valence-corrected chi connectivity index (χ4v) is 2.93. The van der Waals surface area contributed by atoms with Crippen LogP contribution in [0.3, 0.4) is 0 Å². The lowest BCUT2D eigenvalue weighted by molar-refractivity contribution is -0.134. The minimum Gasteiger partial charge on any atom is -0.367 e. The van der Waals surface area contributed by atoms with Gasteiger partial charge < -0.3 is 9.80 Å². The molecule has 1 aliphatic heterocycles. The second-order valence-corrected chi connectivity index (χ2v) is 5.72. The molecule has 22 heavy (non-hydrogen) atoms. The average Bonchev–Trinajstić information content (AvgIpc) is 3.09. The van der Waals surface area contributed by atoms with Gasteiger partial charge in [0.15, 0.2) is 0 Å². The van der Waals surface area contributed by atoms with Crippen LogP contribution in [0.4, 0.5) is 5.69 Å². The predicted octanol–water partition coefficient (Wildman–Crippen LogP) is 1.84. The number of anilines is 1. The molecular formula is C15H18ClN5O. The Morgan fingerprint density at radius 1 is 1.23 bits per heavy atom. The van der Waals surface area contributed by atoms with E-state index in [1.54, 1.807) is 11.0 Å². The first-order valence-corrected chi connectivity index (χ1v) is 7.67. The Morgan fingerprint density at radius 2 is 1.95 bits per heavy atom. The van der Waals surface area contributed by atoms with E-state index >= 15 is 0 Å². The molecule has 6 nitrogen and oxygen atoms in total. The molecule has 116 valence electrons. The Bertz CT molecular complexity index is 637. The van der Waals surface area contributed by atoms with E-state index < -0.39 is 0 Å². The van der Waals surface area contributed by atoms with Crippen LogP contribution in [0.1, 0.15) is 13.0 Å². The monoisotopic (exact) mass is 319 g/mol. The van der Waals surface area contributed by atoms with Crippen LogP contribution in [0.25, 0.3) is 0 Å². The van der Waals surface area contributed by atoms with E-state index in [0.717, 1.165) is 23.8 Å². The summed E-state index contributed by atoms with van der Waals surface area (Å²) >= 11 is 6.23. The molecule has 1 aromatic heterocycles. The largest absolute Gasteiger partial charge is 0.367 e. The molecule has 1 aromatic carbocycles. The van der Waals surface area contributed by atoms with E-state index in [-0.39, 0.29) is 11.9 Å². The smallest absolute Gasteiger partial charge is 0.247 e. The molecule has 0 N–H and O–H groups in total. The second-order valence-electron chi connectivity index (χ2n) is 5.32. The van der Waals surface area contributed by atoms with Gasteiger partial charge in [-0.3, -0.25) is 4.79 Å². The summed E-state index contributed by atoms with van der Waals surface area (Å²) in [5.74, 6) is 0.0734. The third kappa shape index (κ3) is 2.92. The predicted molar refractivity (Wildman–Crippen MR) is 85.0 cm³/mol. The number of carbonyl (C=O) groups excluding carboxylic acids is 1. The van der Waals surface area contributed by atoms with Crippen molar-refractivity contribution in [2.45, 2.75) is 13.0 Å². The lowest BCUT2D eigenvalue weighted by atomic mass is 10.2. The van der Waals surface area contributed by atoms with Crippen LogP contribution in [0.5, 0.6) is 0 Å². The van der Waals surface area contributed by atoms with Crippen LogP contribution < -0.4 is 4.90 Å². The van der Waals surface area contributed by atoms with Gasteiger partial charge in [0.05, 0.1) is 10.7 Å². The highest BCUT2D eigenvalue weighted by molar-refractivity contribution is 6.33. The molecule has 0 aliphatic carbocycles. The molecule has 7 heteroatoms. The van der Waals surface area contributed by atoms with Gasteiger partial charge in [-0.1, -0.05) is 23.7 Å². The number of carbonyl (C=O) groups is 1. The Kier molecular flexibility index (Phi) is 4.29. The first-order valence-electron chi connectivity index (χ1n) is 7.29. The number of rotatable bonds is 3. The van der Waals surface area contributed by atoms with E-state index in [9.17, 15) is 4.79 Å². The molecule has 1 aliphatic rings. The second kappa shape index (κ2) is 6.36. The molecular weight excluding hydrogens is 302 g/mol. The zero-order valence-electron chi connectivity index (χ0n) is 12.4. The van der Waals surface area contributed by atoms with E-state index in [0.29, 0.717) is 13.1 Å². The summed E-state index contributed by atoms with van der Waals surface area (Å²) in [6, 6.07) is 7.48. The molecule has 0 spiro atoms. The Hall–Kier alpha value is -2.08. The maximum atomic E-state index is 12.5. The van der Waals surface area contributed by atoms with Crippen molar-refractivity contribution in [1.82, 2.24) is 19.7 Å². The lowest BCUT2D eigenvalue weighted by Crippen LogP contribution is -2.50. The van der Waals surface area contributed by atoms with Gasteiger partial charge in [-0.15, -0.1) is 0 Å². The topological polar surface area (TPSA) is 54.3 Å². The highest BCUT2D eigenvalue weighted by Gasteiger charge is 2.26. The van der Waals surface area contributed by atoms with Crippen LogP contribution in [0.2, 0.25) is 5.02 Å². The fraction of sp³-hybridized carbons (Fsp3) is 0.400. The van der Waals surface area contributed by atoms with E-state index in [2.05, 4.69) is 15.0 Å². The molecule has 2 heterocycles. The molecule has 3 rings (SSSR count). The first-order chi connectivity index (χ1) is 10.7. The summed E-state index contributed by atoms with van der Waals surface area (Å²) in [4.78, 5) is 20.5. The average molecular weight is 320 g/mol. The molecule has 2 aromatic rings. The minimum atomic E-state index is -0.325. The van der Waals surface area contributed by atoms with Crippen molar-refractivity contribution in [2.24, 2.45) is 0 Å². The van der Waals surface area contributed by atoms with Gasteiger partial charge in [0.25, 0.3) is 0 Å². The van der Waals surface area contributed by atoms with Gasteiger partial charge in [0.2, 0.25) is 5.91 Å². The molecule has 0 unspecified atom stereocenters. The van der Waals surface area contributed by atoms with Crippen molar-refractivity contribution in [2.75, 3.05) is 31.1 Å². The Morgan fingerprint density at radius 3 is 2.59 bits per heavy atom. The summed E-state index contributed by atoms with van der Waals surface area (Å²) in [5.41, 5.74) is 1.03. The lowest BCUT2D eigenvalue weighted by Gasteiger charge is -2.37. The Labute approximate surface area is 134 Å². The summed E-state index contributed by atoms with van der Waals surface area (Å²) in [6.07, 6.45) is 3.02. The molecule has 1 fully saturated rings. The van der Waals surface area contributed by atoms with Crippen LogP contribution in [-0.4, -0.2) is 51.8 Å². The van der Waals surface area contributed by atoms with Crippen molar-refractivity contribution < 1.29 is 4.79 Å². The quantitative estimate of drug-likeness (QED) is 0.866. The van der Waals surface area contributed by atoms with Gasteiger partial charge in [-0.2, -0.15) is 5.10 Å². The van der Waals surface area contributed by atoms with Gasteiger partial charge in [-0.25, -0.2) is 9.67 Å². The number of benzene rings is 1. The standard InChI is InChI=1S/C15H18ClN5O/c1-12(21-11-17-10-18-21)15(22)20-8-6-19(7-9-20)14-5-3-2-4-13(14)16/h2-5,10-12H,6-9H2,1H3/t12-/m1/s1. The summed E-state index contributed by atoms with van der Waals surface area (Å²) in [6.45, 7) is 4.77. The zero-order valence-corrected chi connectivity index (χ0v) is 13.1. The number of nitrogens with zero attached hydrogens (tertiary/aromatic N) is 5. The number of hydrogen-bond donors (Lipinski definition) is 0. The number of hydrogen-bond acceptors (Lipinski definition) is 4. The van der Waals surface area contributed by atoms with E-state index in [1.807, 2.05) is 36.1 Å². The zero-order chi connectivity index (χ0) is 15.5. The molecule has 0 saturated carbocycles. The maximum Gasteiger partial charge on any atom is 0.247 e. The number of aromatic nitrogens is 3. The van der Waals surface area contributed by atoms with Crippen LogP contribution in [-0.2, 0) is 4.79 Å². The van der Waals surface area contributed by atoms with Crippen molar-refractivity contribution >= 4 is 23.2 Å². The van der Waals surface area contributed by atoms with Crippen molar-refractivity contribution in [3.05, 3.63) is 41.9 Å². The normalized spacial score (nSPS) is 16.6. The van der Waals surface area contributed by atoms with Crippen LogP contribution in [0, 0.1) is 0 Å². The van der Waals surface area contributed by atoms with Crippen molar-refractivity contribution in [3.63, 3.8) is 0 Å². The minimum absolute atomic E-state index is 0.0734. The third-order valence-corrected chi connectivity index (χ3v) is 4.29. The first kappa shape index (κ1) is 14.8. The summed E-state index contributed by atoms with van der Waals surface area (Å²) in [5, 5.41) is 4.78. The van der Waals surface area contributed by atoms with Gasteiger partial charge >= 0.3 is 0 Å².